The van der Waals surface area contributed by atoms with E-state index >= 15 is 0 Å². The molecule has 0 aliphatic carbocycles. The molecule has 2 aliphatic rings. The van der Waals surface area contributed by atoms with Gasteiger partial charge in [-0.3, -0.25) is 0 Å². The first kappa shape index (κ1) is 17.6. The van der Waals surface area contributed by atoms with Crippen LogP contribution in [0.1, 0.15) is 56.9 Å². The molecule has 0 N–H and O–H groups in total. The van der Waals surface area contributed by atoms with Crippen molar-refractivity contribution in [1.82, 2.24) is 9.97 Å². The van der Waals surface area contributed by atoms with Crippen molar-refractivity contribution in [2.45, 2.75) is 70.2 Å². The van der Waals surface area contributed by atoms with Gasteiger partial charge in [0.1, 0.15) is 10.6 Å². The minimum absolute atomic E-state index is 0.0566. The van der Waals surface area contributed by atoms with Gasteiger partial charge in [0.25, 0.3) is 0 Å². The number of thiophene rings is 1. The van der Waals surface area contributed by atoms with Gasteiger partial charge in [-0.1, -0.05) is 25.6 Å². The van der Waals surface area contributed by atoms with Crippen LogP contribution in [0.25, 0.3) is 10.2 Å². The monoisotopic (exact) mass is 377 g/mol. The minimum atomic E-state index is -0.0566. The van der Waals surface area contributed by atoms with E-state index in [1.165, 1.54) is 34.5 Å². The topological polar surface area (TPSA) is 38.2 Å². The van der Waals surface area contributed by atoms with Crippen molar-refractivity contribution in [3.05, 3.63) is 10.4 Å². The van der Waals surface area contributed by atoms with Crippen LogP contribution >= 0.6 is 23.1 Å². The van der Waals surface area contributed by atoms with Gasteiger partial charge in [0, 0.05) is 30.1 Å². The summed E-state index contributed by atoms with van der Waals surface area (Å²) in [7, 11) is 0. The number of hydrogen-bond acceptors (Lipinski definition) is 6. The van der Waals surface area contributed by atoms with Gasteiger partial charge in [0.2, 0.25) is 0 Å². The molecule has 1 saturated heterocycles. The van der Waals surface area contributed by atoms with Crippen LogP contribution in [0.15, 0.2) is 5.16 Å². The van der Waals surface area contributed by atoms with Crippen LogP contribution in [0.2, 0.25) is 0 Å². The molecule has 0 bridgehead atoms. The van der Waals surface area contributed by atoms with Crippen LogP contribution in [0.3, 0.4) is 0 Å². The first-order chi connectivity index (χ1) is 12.1. The Labute approximate surface area is 158 Å². The van der Waals surface area contributed by atoms with Crippen molar-refractivity contribution in [2.75, 3.05) is 23.7 Å². The Bertz CT molecular complexity index is 770. The lowest BCUT2D eigenvalue weighted by Crippen LogP contribution is -2.34. The molecule has 0 aromatic carbocycles. The molecule has 4 nitrogen and oxygen atoms in total. The van der Waals surface area contributed by atoms with E-state index in [9.17, 15) is 0 Å². The number of thioether (sulfide) groups is 1. The van der Waals surface area contributed by atoms with Crippen LogP contribution < -0.4 is 4.90 Å². The molecule has 4 rings (SSSR count). The Morgan fingerprint density at radius 3 is 2.76 bits per heavy atom. The molecule has 2 aromatic heterocycles. The summed E-state index contributed by atoms with van der Waals surface area (Å²) < 4.78 is 6.17. The lowest BCUT2D eigenvalue weighted by atomic mass is 9.90. The van der Waals surface area contributed by atoms with Gasteiger partial charge in [-0.25, -0.2) is 9.97 Å². The van der Waals surface area contributed by atoms with Crippen LogP contribution in [0.5, 0.6) is 0 Å². The zero-order chi connectivity index (χ0) is 17.4. The van der Waals surface area contributed by atoms with Gasteiger partial charge >= 0.3 is 0 Å². The fraction of sp³-hybridized carbons (Fsp3) is 0.684. The van der Waals surface area contributed by atoms with Crippen molar-refractivity contribution in [3.8, 4) is 0 Å². The molecule has 0 spiro atoms. The average molecular weight is 378 g/mol. The van der Waals surface area contributed by atoms with Gasteiger partial charge < -0.3 is 9.64 Å². The molecule has 6 heteroatoms. The smallest absolute Gasteiger partial charge is 0.190 e. The van der Waals surface area contributed by atoms with Crippen molar-refractivity contribution < 1.29 is 4.74 Å². The lowest BCUT2D eigenvalue weighted by molar-refractivity contribution is -0.0542. The van der Waals surface area contributed by atoms with Gasteiger partial charge in [0.05, 0.1) is 17.6 Å². The number of anilines is 1. The summed E-state index contributed by atoms with van der Waals surface area (Å²) in [6.07, 6.45) is 5.70. The van der Waals surface area contributed by atoms with Crippen LogP contribution in [0.4, 0.5) is 5.82 Å². The third-order valence-electron chi connectivity index (χ3n) is 5.39. The van der Waals surface area contributed by atoms with E-state index in [1.807, 2.05) is 11.3 Å². The molecule has 136 valence electrons. The van der Waals surface area contributed by atoms with Crippen LogP contribution in [0, 0.1) is 0 Å². The molecular formula is C19H27N3OS2. The predicted molar refractivity (Wildman–Crippen MR) is 107 cm³/mol. The maximum atomic E-state index is 6.17. The van der Waals surface area contributed by atoms with Gasteiger partial charge in [-0.2, -0.15) is 0 Å². The highest BCUT2D eigenvalue weighted by atomic mass is 32.2. The second kappa shape index (κ2) is 7.05. The number of hydrogen-bond donors (Lipinski definition) is 0. The van der Waals surface area contributed by atoms with Crippen molar-refractivity contribution in [1.29, 1.82) is 0 Å². The number of ether oxygens (including phenoxy) is 1. The fourth-order valence-corrected chi connectivity index (χ4v) is 5.53. The first-order valence-electron chi connectivity index (χ1n) is 9.47. The van der Waals surface area contributed by atoms with E-state index in [0.29, 0.717) is 0 Å². The zero-order valence-corrected chi connectivity index (χ0v) is 17.1. The Balaban J connectivity index is 1.84. The summed E-state index contributed by atoms with van der Waals surface area (Å²) in [6, 6.07) is 0. The van der Waals surface area contributed by atoms with Crippen molar-refractivity contribution in [2.24, 2.45) is 0 Å². The Kier molecular flexibility index (Phi) is 4.95. The molecular weight excluding hydrogens is 350 g/mol. The lowest BCUT2D eigenvalue weighted by Gasteiger charge is -2.33. The normalized spacial score (nSPS) is 23.4. The molecule has 0 saturated carbocycles. The molecule has 2 aliphatic heterocycles. The third-order valence-corrected chi connectivity index (χ3v) is 7.54. The summed E-state index contributed by atoms with van der Waals surface area (Å²) in [6.45, 7) is 9.63. The van der Waals surface area contributed by atoms with E-state index in [1.54, 1.807) is 11.8 Å². The fourth-order valence-electron chi connectivity index (χ4n) is 3.68. The summed E-state index contributed by atoms with van der Waals surface area (Å²) in [5.74, 6) is 2.26. The van der Waals surface area contributed by atoms with E-state index in [2.05, 4.69) is 25.7 Å². The zero-order valence-electron chi connectivity index (χ0n) is 15.4. The molecule has 1 fully saturated rings. The molecule has 0 unspecified atom stereocenters. The molecule has 2 aromatic rings. The number of rotatable bonds is 5. The second-order valence-corrected chi connectivity index (χ2v) is 9.47. The molecule has 0 amide bonds. The third kappa shape index (κ3) is 3.28. The number of nitrogens with zero attached hydrogens (tertiary/aromatic N) is 3. The highest BCUT2D eigenvalue weighted by Crippen LogP contribution is 2.43. The minimum Gasteiger partial charge on any atom is -0.369 e. The Hall–Kier alpha value is -0.850. The summed E-state index contributed by atoms with van der Waals surface area (Å²) >= 11 is 3.60. The van der Waals surface area contributed by atoms with Gasteiger partial charge in [0.15, 0.2) is 5.16 Å². The standard InChI is InChI=1S/C19H27N3OS2/c1-4-10-24-18-20-16(22-8-6-7-9-22)15-13-11-19(3,5-2)23-12-14(13)25-17(15)21-18/h4-12H2,1-3H3/t19-/m1/s1. The second-order valence-electron chi connectivity index (χ2n) is 7.33. The number of aromatic nitrogens is 2. The SMILES string of the molecule is CCCSc1nc(N2CCCC2)c2c3c(sc2n1)CO[C@](C)(CC)C3. The number of fused-ring (bicyclic) bond motifs is 3. The highest BCUT2D eigenvalue weighted by Gasteiger charge is 2.34. The van der Waals surface area contributed by atoms with E-state index in [4.69, 9.17) is 14.7 Å². The maximum Gasteiger partial charge on any atom is 0.190 e. The first-order valence-corrected chi connectivity index (χ1v) is 11.3. The molecule has 4 heterocycles. The highest BCUT2D eigenvalue weighted by molar-refractivity contribution is 7.99. The van der Waals surface area contributed by atoms with Gasteiger partial charge in [-0.15, -0.1) is 11.3 Å². The average Bonchev–Trinajstić information content (AvgIpc) is 3.27. The maximum absolute atomic E-state index is 6.17. The largest absolute Gasteiger partial charge is 0.369 e. The molecule has 1 atom stereocenters. The Morgan fingerprint density at radius 1 is 1.24 bits per heavy atom. The van der Waals surface area contributed by atoms with Crippen LogP contribution in [-0.2, 0) is 17.8 Å². The van der Waals surface area contributed by atoms with Crippen molar-refractivity contribution >= 4 is 39.1 Å². The molecule has 0 radical (unpaired) electrons. The van der Waals surface area contributed by atoms with E-state index < -0.39 is 0 Å². The van der Waals surface area contributed by atoms with E-state index in [0.717, 1.165) is 54.7 Å². The van der Waals surface area contributed by atoms with Crippen molar-refractivity contribution in [3.63, 3.8) is 0 Å². The summed E-state index contributed by atoms with van der Waals surface area (Å²) in [5.41, 5.74) is 1.39. The quantitative estimate of drug-likeness (QED) is 0.539. The molecule has 25 heavy (non-hydrogen) atoms. The van der Waals surface area contributed by atoms with Gasteiger partial charge in [-0.05, 0) is 38.2 Å². The summed E-state index contributed by atoms with van der Waals surface area (Å²) in [4.78, 5) is 14.9. The summed E-state index contributed by atoms with van der Waals surface area (Å²) in [5, 5.41) is 2.25. The predicted octanol–water partition coefficient (Wildman–Crippen LogP) is 5.04. The van der Waals surface area contributed by atoms with Crippen LogP contribution in [-0.4, -0.2) is 34.4 Å². The van der Waals surface area contributed by atoms with E-state index in [-0.39, 0.29) is 5.60 Å². The Morgan fingerprint density at radius 2 is 2.04 bits per heavy atom.